The van der Waals surface area contributed by atoms with Crippen LogP contribution in [0.3, 0.4) is 0 Å². The lowest BCUT2D eigenvalue weighted by atomic mass is 10.0. The molecule has 0 spiro atoms. The van der Waals surface area contributed by atoms with Crippen molar-refractivity contribution in [2.75, 3.05) is 0 Å². The summed E-state index contributed by atoms with van der Waals surface area (Å²) in [6.45, 7) is 2.48. The lowest BCUT2D eigenvalue weighted by molar-refractivity contribution is -0.136. The van der Waals surface area contributed by atoms with Crippen LogP contribution in [0.4, 0.5) is 0 Å². The molecule has 0 radical (unpaired) electrons. The first kappa shape index (κ1) is 22.7. The predicted molar refractivity (Wildman–Crippen MR) is 125 cm³/mol. The minimum atomic E-state index is -0.680. The maximum absolute atomic E-state index is 12.9. The number of rotatable bonds is 5. The Balaban J connectivity index is 1.29. The molecule has 10 nitrogen and oxygen atoms in total. The zero-order valence-electron chi connectivity index (χ0n) is 18.7. The molecular formula is C24H21ClN6O4. The highest BCUT2D eigenvalue weighted by Crippen LogP contribution is 2.29. The number of halogens is 1. The van der Waals surface area contributed by atoms with Gasteiger partial charge in [-0.3, -0.25) is 24.5 Å². The Kier molecular flexibility index (Phi) is 5.81. The molecule has 1 unspecified atom stereocenters. The SMILES string of the molecule is Cc1ccc(Cl)cc1CNC(=O)c1cn(-c2ccc3c(c2)CN(C2CCC(=O)NC2=O)C3=O)nn1. The lowest BCUT2D eigenvalue weighted by Gasteiger charge is -2.29. The number of benzene rings is 2. The molecule has 35 heavy (non-hydrogen) atoms. The average Bonchev–Trinajstić information content (AvgIpc) is 3.45. The van der Waals surface area contributed by atoms with Crippen molar-refractivity contribution < 1.29 is 19.2 Å². The fraction of sp³-hybridized carbons (Fsp3) is 0.250. The second-order valence-corrected chi connectivity index (χ2v) is 8.98. The van der Waals surface area contributed by atoms with Crippen LogP contribution in [0, 0.1) is 6.92 Å². The Hall–Kier alpha value is -4.05. The van der Waals surface area contributed by atoms with Gasteiger partial charge in [-0.15, -0.1) is 5.10 Å². The number of aryl methyl sites for hydroxylation is 1. The highest BCUT2D eigenvalue weighted by atomic mass is 35.5. The molecule has 2 N–H and O–H groups in total. The quantitative estimate of drug-likeness (QED) is 0.524. The van der Waals surface area contributed by atoms with Crippen LogP contribution in [0.1, 0.15) is 50.4 Å². The number of nitrogens with zero attached hydrogens (tertiary/aromatic N) is 4. The maximum atomic E-state index is 12.9. The van der Waals surface area contributed by atoms with Crippen molar-refractivity contribution in [3.63, 3.8) is 0 Å². The molecular weight excluding hydrogens is 472 g/mol. The third-order valence-corrected chi connectivity index (χ3v) is 6.48. The van der Waals surface area contributed by atoms with Crippen LogP contribution < -0.4 is 10.6 Å². The zero-order valence-corrected chi connectivity index (χ0v) is 19.5. The number of nitrogens with one attached hydrogen (secondary N) is 2. The molecule has 1 saturated heterocycles. The molecule has 2 aliphatic rings. The van der Waals surface area contributed by atoms with E-state index in [1.807, 2.05) is 13.0 Å². The maximum Gasteiger partial charge on any atom is 0.273 e. The van der Waals surface area contributed by atoms with Crippen molar-refractivity contribution in [2.45, 2.75) is 38.9 Å². The second-order valence-electron chi connectivity index (χ2n) is 8.54. The average molecular weight is 493 g/mol. The summed E-state index contributed by atoms with van der Waals surface area (Å²) in [5, 5.41) is 13.7. The van der Waals surface area contributed by atoms with Crippen molar-refractivity contribution in [3.8, 4) is 5.69 Å². The van der Waals surface area contributed by atoms with E-state index in [9.17, 15) is 19.2 Å². The van der Waals surface area contributed by atoms with Gasteiger partial charge < -0.3 is 10.2 Å². The molecule has 3 heterocycles. The van der Waals surface area contributed by atoms with E-state index < -0.39 is 11.9 Å². The largest absolute Gasteiger partial charge is 0.347 e. The van der Waals surface area contributed by atoms with Gasteiger partial charge in [-0.25, -0.2) is 4.68 Å². The number of amides is 4. The summed E-state index contributed by atoms with van der Waals surface area (Å²) in [5.74, 6) is -1.42. The van der Waals surface area contributed by atoms with Crippen LogP contribution in [0.25, 0.3) is 5.69 Å². The lowest BCUT2D eigenvalue weighted by Crippen LogP contribution is -2.52. The Bertz CT molecular complexity index is 1380. The van der Waals surface area contributed by atoms with E-state index in [1.54, 1.807) is 30.3 Å². The fourth-order valence-electron chi connectivity index (χ4n) is 4.29. The summed E-state index contributed by atoms with van der Waals surface area (Å²) in [4.78, 5) is 50.6. The summed E-state index contributed by atoms with van der Waals surface area (Å²) < 4.78 is 1.46. The Morgan fingerprint density at radius 1 is 1.20 bits per heavy atom. The third-order valence-electron chi connectivity index (χ3n) is 6.25. The summed E-state index contributed by atoms with van der Waals surface area (Å²) >= 11 is 6.04. The van der Waals surface area contributed by atoms with Crippen LogP contribution in [0.2, 0.25) is 5.02 Å². The van der Waals surface area contributed by atoms with Gasteiger partial charge in [0.05, 0.1) is 11.9 Å². The van der Waals surface area contributed by atoms with E-state index in [0.717, 1.165) is 16.7 Å². The fourth-order valence-corrected chi connectivity index (χ4v) is 4.49. The standard InChI is InChI=1S/C24H21ClN6O4/c1-13-2-3-16(25)8-14(13)10-26-22(33)19-12-31(29-28-19)17-4-5-18-15(9-17)11-30(24(18)35)20-6-7-21(32)27-23(20)34/h2-5,8-9,12,20H,6-7,10-11H2,1H3,(H,26,33)(H,27,32,34). The van der Waals surface area contributed by atoms with Crippen molar-refractivity contribution in [1.82, 2.24) is 30.5 Å². The number of hydrogen-bond acceptors (Lipinski definition) is 6. The van der Waals surface area contributed by atoms with Crippen LogP contribution in [0.5, 0.6) is 0 Å². The van der Waals surface area contributed by atoms with E-state index in [4.69, 9.17) is 11.6 Å². The molecule has 0 saturated carbocycles. The molecule has 1 fully saturated rings. The molecule has 2 aromatic carbocycles. The monoisotopic (exact) mass is 492 g/mol. The van der Waals surface area contributed by atoms with Gasteiger partial charge in [-0.1, -0.05) is 22.9 Å². The number of imide groups is 1. The third kappa shape index (κ3) is 4.40. The van der Waals surface area contributed by atoms with Gasteiger partial charge in [-0.2, -0.15) is 0 Å². The molecule has 1 aromatic heterocycles. The topological polar surface area (TPSA) is 126 Å². The molecule has 0 bridgehead atoms. The minimum Gasteiger partial charge on any atom is -0.347 e. The normalized spacial score (nSPS) is 17.4. The van der Waals surface area contributed by atoms with Gasteiger partial charge in [0.1, 0.15) is 6.04 Å². The Morgan fingerprint density at radius 2 is 2.03 bits per heavy atom. The number of piperidine rings is 1. The second kappa shape index (κ2) is 8.95. The number of carbonyl (C=O) groups excluding carboxylic acids is 4. The van der Waals surface area contributed by atoms with Crippen molar-refractivity contribution in [2.24, 2.45) is 0 Å². The van der Waals surface area contributed by atoms with Crippen LogP contribution in [-0.4, -0.2) is 49.6 Å². The first-order chi connectivity index (χ1) is 16.8. The van der Waals surface area contributed by atoms with Crippen LogP contribution >= 0.6 is 11.6 Å². The van der Waals surface area contributed by atoms with Crippen molar-refractivity contribution >= 4 is 35.2 Å². The van der Waals surface area contributed by atoms with Gasteiger partial charge in [-0.05, 0) is 60.4 Å². The summed E-state index contributed by atoms with van der Waals surface area (Å²) in [5.41, 5.74) is 3.91. The summed E-state index contributed by atoms with van der Waals surface area (Å²) in [7, 11) is 0. The molecule has 1 atom stereocenters. The molecule has 5 rings (SSSR count). The minimum absolute atomic E-state index is 0.145. The van der Waals surface area contributed by atoms with Crippen molar-refractivity contribution in [1.29, 1.82) is 0 Å². The molecule has 0 aliphatic carbocycles. The van der Waals surface area contributed by atoms with Gasteiger partial charge in [0, 0.05) is 30.1 Å². The van der Waals surface area contributed by atoms with Crippen LogP contribution in [-0.2, 0) is 22.7 Å². The first-order valence-corrected chi connectivity index (χ1v) is 11.4. The van der Waals surface area contributed by atoms with Crippen LogP contribution in [0.15, 0.2) is 42.6 Å². The Morgan fingerprint density at radius 3 is 2.83 bits per heavy atom. The Labute approximate surface area is 205 Å². The summed E-state index contributed by atoms with van der Waals surface area (Å²) in [6, 6.07) is 9.96. The number of carbonyl (C=O) groups is 4. The molecule has 2 aliphatic heterocycles. The first-order valence-electron chi connectivity index (χ1n) is 11.0. The van der Waals surface area contributed by atoms with Gasteiger partial charge in [0.15, 0.2) is 5.69 Å². The van der Waals surface area contributed by atoms with Crippen molar-refractivity contribution in [3.05, 3.63) is 75.6 Å². The molecule has 11 heteroatoms. The van der Waals surface area contributed by atoms with E-state index in [2.05, 4.69) is 20.9 Å². The van der Waals surface area contributed by atoms with Gasteiger partial charge in [0.25, 0.3) is 11.8 Å². The van der Waals surface area contributed by atoms with Gasteiger partial charge in [0.2, 0.25) is 11.8 Å². The molecule has 3 aromatic rings. The van der Waals surface area contributed by atoms with E-state index in [-0.39, 0.29) is 36.4 Å². The zero-order chi connectivity index (χ0) is 24.7. The molecule has 178 valence electrons. The van der Waals surface area contributed by atoms with Gasteiger partial charge >= 0.3 is 0 Å². The van der Waals surface area contributed by atoms with E-state index in [0.29, 0.717) is 29.2 Å². The van der Waals surface area contributed by atoms with E-state index >= 15 is 0 Å². The number of aromatic nitrogens is 3. The van der Waals surface area contributed by atoms with E-state index in [1.165, 1.54) is 15.8 Å². The highest BCUT2D eigenvalue weighted by molar-refractivity contribution is 6.30. The highest BCUT2D eigenvalue weighted by Gasteiger charge is 2.39. The number of hydrogen-bond donors (Lipinski definition) is 2. The number of fused-ring (bicyclic) bond motifs is 1. The predicted octanol–water partition coefficient (Wildman–Crippen LogP) is 1.92. The molecule has 4 amide bonds. The summed E-state index contributed by atoms with van der Waals surface area (Å²) in [6.07, 6.45) is 2.01. The smallest absolute Gasteiger partial charge is 0.273 e.